The third-order valence-corrected chi connectivity index (χ3v) is 3.38. The molecule has 0 bridgehead atoms. The van der Waals surface area contributed by atoms with E-state index in [1.54, 1.807) is 12.1 Å². The topological polar surface area (TPSA) is 17.1 Å². The lowest BCUT2D eigenvalue weighted by Gasteiger charge is -2.01. The summed E-state index contributed by atoms with van der Waals surface area (Å²) in [6, 6.07) is 22.4. The molecule has 0 fully saturated rings. The van der Waals surface area contributed by atoms with Crippen LogP contribution < -0.4 is 0 Å². The van der Waals surface area contributed by atoms with Crippen molar-refractivity contribution in [3.8, 4) is 11.8 Å². The molecule has 0 aromatic heterocycles. The molecule has 1 nitrogen and oxygen atoms in total. The number of carbonyl (C=O) groups excluding carboxylic acids is 1. The van der Waals surface area contributed by atoms with Crippen molar-refractivity contribution in [1.29, 1.82) is 0 Å². The number of halogens is 1. The molecule has 0 amide bonds. The van der Waals surface area contributed by atoms with Crippen molar-refractivity contribution in [2.75, 3.05) is 0 Å². The van der Waals surface area contributed by atoms with Gasteiger partial charge in [-0.1, -0.05) is 30.0 Å². The van der Waals surface area contributed by atoms with Gasteiger partial charge in [-0.3, -0.25) is 4.79 Å². The highest BCUT2D eigenvalue weighted by molar-refractivity contribution is 6.08. The molecule has 0 atom stereocenters. The van der Waals surface area contributed by atoms with Crippen LogP contribution in [0.5, 0.6) is 0 Å². The number of rotatable bonds is 2. The molecule has 0 aliphatic carbocycles. The number of hydrogen-bond donors (Lipinski definition) is 0. The fourth-order valence-electron chi connectivity index (χ4n) is 2.14. The summed E-state index contributed by atoms with van der Waals surface area (Å²) < 4.78 is 12.9. The van der Waals surface area contributed by atoms with Crippen molar-refractivity contribution in [2.24, 2.45) is 0 Å². The van der Waals surface area contributed by atoms with Crippen LogP contribution >= 0.6 is 0 Å². The van der Waals surface area contributed by atoms with E-state index in [-0.39, 0.29) is 11.6 Å². The minimum atomic E-state index is -0.354. The summed E-state index contributed by atoms with van der Waals surface area (Å²) in [5.74, 6) is 5.65. The standard InChI is InChI=1S/C21H13FO/c22-20-14-12-19(13-15-20)21(23)18-10-8-17(9-11-18)7-6-16-4-2-1-3-5-16/h1-5,8-15H. The summed E-state index contributed by atoms with van der Waals surface area (Å²) in [5.41, 5.74) is 2.81. The van der Waals surface area contributed by atoms with E-state index in [1.807, 2.05) is 42.5 Å². The van der Waals surface area contributed by atoms with E-state index in [2.05, 4.69) is 11.8 Å². The van der Waals surface area contributed by atoms with Crippen LogP contribution in [0.15, 0.2) is 78.9 Å². The summed E-state index contributed by atoms with van der Waals surface area (Å²) in [4.78, 5) is 12.3. The van der Waals surface area contributed by atoms with Crippen LogP contribution in [0.3, 0.4) is 0 Å². The fraction of sp³-hybridized carbons (Fsp3) is 0. The third kappa shape index (κ3) is 3.72. The Hall–Kier alpha value is -3.18. The van der Waals surface area contributed by atoms with Gasteiger partial charge < -0.3 is 0 Å². The zero-order valence-electron chi connectivity index (χ0n) is 12.3. The zero-order valence-corrected chi connectivity index (χ0v) is 12.3. The molecule has 2 heteroatoms. The van der Waals surface area contributed by atoms with Gasteiger partial charge in [0.25, 0.3) is 0 Å². The lowest BCUT2D eigenvalue weighted by atomic mass is 10.0. The van der Waals surface area contributed by atoms with Gasteiger partial charge in [-0.15, -0.1) is 0 Å². The predicted octanol–water partition coefficient (Wildman–Crippen LogP) is 4.46. The van der Waals surface area contributed by atoms with Crippen LogP contribution in [0.2, 0.25) is 0 Å². The van der Waals surface area contributed by atoms with Gasteiger partial charge in [0.15, 0.2) is 5.78 Å². The molecule has 110 valence electrons. The van der Waals surface area contributed by atoms with Gasteiger partial charge in [-0.2, -0.15) is 0 Å². The molecule has 0 aliphatic heterocycles. The van der Waals surface area contributed by atoms with E-state index in [9.17, 15) is 9.18 Å². The summed E-state index contributed by atoms with van der Waals surface area (Å²) >= 11 is 0. The van der Waals surface area contributed by atoms with E-state index in [1.165, 1.54) is 24.3 Å². The van der Waals surface area contributed by atoms with E-state index in [4.69, 9.17) is 0 Å². The first-order chi connectivity index (χ1) is 11.2. The Bertz CT molecular complexity index is 867. The van der Waals surface area contributed by atoms with Crippen LogP contribution in [0.1, 0.15) is 27.0 Å². The second-order valence-corrected chi connectivity index (χ2v) is 5.03. The van der Waals surface area contributed by atoms with Gasteiger partial charge in [0.1, 0.15) is 5.82 Å². The van der Waals surface area contributed by atoms with Crippen molar-refractivity contribution >= 4 is 5.78 Å². The smallest absolute Gasteiger partial charge is 0.193 e. The first-order valence-corrected chi connectivity index (χ1v) is 7.20. The molecule has 0 N–H and O–H groups in total. The first kappa shape index (κ1) is 14.7. The quantitative estimate of drug-likeness (QED) is 0.504. The second kappa shape index (κ2) is 6.72. The van der Waals surface area contributed by atoms with Crippen molar-refractivity contribution in [1.82, 2.24) is 0 Å². The summed E-state index contributed by atoms with van der Waals surface area (Å²) in [6.07, 6.45) is 0. The molecule has 0 unspecified atom stereocenters. The van der Waals surface area contributed by atoms with Gasteiger partial charge in [-0.25, -0.2) is 4.39 Å². The number of benzene rings is 3. The van der Waals surface area contributed by atoms with Crippen LogP contribution in [-0.2, 0) is 0 Å². The third-order valence-electron chi connectivity index (χ3n) is 3.38. The molecule has 3 aromatic carbocycles. The SMILES string of the molecule is O=C(c1ccc(F)cc1)c1ccc(C#Cc2ccccc2)cc1. The highest BCUT2D eigenvalue weighted by Crippen LogP contribution is 2.12. The lowest BCUT2D eigenvalue weighted by Crippen LogP contribution is -2.01. The van der Waals surface area contributed by atoms with Gasteiger partial charge >= 0.3 is 0 Å². The average molecular weight is 300 g/mol. The minimum Gasteiger partial charge on any atom is -0.289 e. The molecule has 23 heavy (non-hydrogen) atoms. The summed E-state index contributed by atoms with van der Waals surface area (Å²) in [5, 5.41) is 0. The largest absolute Gasteiger partial charge is 0.289 e. The van der Waals surface area contributed by atoms with Gasteiger partial charge in [0.05, 0.1) is 0 Å². The van der Waals surface area contributed by atoms with Crippen LogP contribution in [0, 0.1) is 17.7 Å². The fourth-order valence-corrected chi connectivity index (χ4v) is 2.14. The van der Waals surface area contributed by atoms with Crippen molar-refractivity contribution in [3.63, 3.8) is 0 Å². The number of ketones is 1. The number of carbonyl (C=O) groups is 1. The van der Waals surface area contributed by atoms with Crippen molar-refractivity contribution < 1.29 is 9.18 Å². The number of hydrogen-bond acceptors (Lipinski definition) is 1. The Morgan fingerprint density at radius 1 is 0.652 bits per heavy atom. The van der Waals surface area contributed by atoms with E-state index in [0.29, 0.717) is 11.1 Å². The summed E-state index contributed by atoms with van der Waals surface area (Å²) in [7, 11) is 0. The molecule has 0 heterocycles. The molecular formula is C21H13FO. The maximum absolute atomic E-state index is 12.9. The van der Waals surface area contributed by atoms with Crippen molar-refractivity contribution in [3.05, 3.63) is 107 Å². The normalized spacial score (nSPS) is 9.78. The molecule has 0 radical (unpaired) electrons. The molecule has 0 saturated carbocycles. The zero-order chi connectivity index (χ0) is 16.1. The van der Waals surface area contributed by atoms with Gasteiger partial charge in [0, 0.05) is 22.3 Å². The Balaban J connectivity index is 1.78. The van der Waals surface area contributed by atoms with Crippen molar-refractivity contribution in [2.45, 2.75) is 0 Å². The maximum Gasteiger partial charge on any atom is 0.193 e. The molecule has 3 rings (SSSR count). The first-order valence-electron chi connectivity index (χ1n) is 7.20. The Morgan fingerprint density at radius 3 is 1.70 bits per heavy atom. The monoisotopic (exact) mass is 300 g/mol. The molecule has 0 spiro atoms. The van der Waals surface area contributed by atoms with E-state index in [0.717, 1.165) is 11.1 Å². The van der Waals surface area contributed by atoms with Gasteiger partial charge in [0.2, 0.25) is 0 Å². The Morgan fingerprint density at radius 2 is 1.13 bits per heavy atom. The Labute approximate surface area is 134 Å². The van der Waals surface area contributed by atoms with Gasteiger partial charge in [-0.05, 0) is 60.7 Å². The van der Waals surface area contributed by atoms with Crippen LogP contribution in [0.4, 0.5) is 4.39 Å². The second-order valence-electron chi connectivity index (χ2n) is 5.03. The molecule has 0 aliphatic rings. The average Bonchev–Trinajstić information content (AvgIpc) is 2.61. The van der Waals surface area contributed by atoms with E-state index < -0.39 is 0 Å². The van der Waals surface area contributed by atoms with Crippen LogP contribution in [0.25, 0.3) is 0 Å². The predicted molar refractivity (Wildman–Crippen MR) is 88.7 cm³/mol. The summed E-state index contributed by atoms with van der Waals surface area (Å²) in [6.45, 7) is 0. The molecule has 3 aromatic rings. The lowest BCUT2D eigenvalue weighted by molar-refractivity contribution is 0.103. The molecular weight excluding hydrogens is 287 g/mol. The molecule has 0 saturated heterocycles. The Kier molecular flexibility index (Phi) is 4.31. The van der Waals surface area contributed by atoms with E-state index >= 15 is 0 Å². The maximum atomic E-state index is 12.9. The van der Waals surface area contributed by atoms with Crippen LogP contribution in [-0.4, -0.2) is 5.78 Å². The highest BCUT2D eigenvalue weighted by atomic mass is 19.1. The highest BCUT2D eigenvalue weighted by Gasteiger charge is 2.08. The minimum absolute atomic E-state index is 0.132.